The summed E-state index contributed by atoms with van der Waals surface area (Å²) in [6, 6.07) is 4.86. The molecule has 2 N–H and O–H groups in total. The molecule has 0 spiro atoms. The molecule has 1 aromatic heterocycles. The lowest BCUT2D eigenvalue weighted by Crippen LogP contribution is -2.44. The lowest BCUT2D eigenvalue weighted by Gasteiger charge is -2.33. The molecule has 2 atom stereocenters. The van der Waals surface area contributed by atoms with E-state index < -0.39 is 0 Å². The molecule has 126 valence electrons. The molecule has 2 heterocycles. The summed E-state index contributed by atoms with van der Waals surface area (Å²) < 4.78 is 0. The molecule has 23 heavy (non-hydrogen) atoms. The van der Waals surface area contributed by atoms with Crippen molar-refractivity contribution in [1.82, 2.24) is 20.5 Å². The Morgan fingerprint density at radius 1 is 1.30 bits per heavy atom. The van der Waals surface area contributed by atoms with Crippen molar-refractivity contribution in [2.75, 3.05) is 45.2 Å². The molecular weight excluding hydrogens is 288 g/mol. The highest BCUT2D eigenvalue weighted by atomic mass is 15.3. The summed E-state index contributed by atoms with van der Waals surface area (Å²) in [6.07, 6.45) is 3.20. The van der Waals surface area contributed by atoms with E-state index in [1.807, 2.05) is 13.2 Å². The Morgan fingerprint density at radius 3 is 2.61 bits per heavy atom. The fraction of sp³-hybridized carbons (Fsp3) is 0.647. The summed E-state index contributed by atoms with van der Waals surface area (Å²) in [5.74, 6) is 2.72. The second kappa shape index (κ2) is 7.17. The van der Waals surface area contributed by atoms with Crippen LogP contribution in [-0.4, -0.2) is 62.2 Å². The summed E-state index contributed by atoms with van der Waals surface area (Å²) >= 11 is 0. The molecular formula is C17H28N6. The monoisotopic (exact) mass is 316 g/mol. The van der Waals surface area contributed by atoms with E-state index in [9.17, 15) is 0 Å². The van der Waals surface area contributed by atoms with Crippen LogP contribution in [0.4, 0.5) is 5.82 Å². The number of nitrogens with zero attached hydrogens (tertiary/aromatic N) is 4. The molecule has 3 rings (SSSR count). The second-order valence-electron chi connectivity index (χ2n) is 6.70. The van der Waals surface area contributed by atoms with Crippen LogP contribution in [0.25, 0.3) is 0 Å². The highest BCUT2D eigenvalue weighted by Gasteiger charge is 2.33. The van der Waals surface area contributed by atoms with Crippen LogP contribution < -0.4 is 15.5 Å². The molecule has 0 aromatic carbocycles. The van der Waals surface area contributed by atoms with Gasteiger partial charge in [0.25, 0.3) is 0 Å². The minimum Gasteiger partial charge on any atom is -0.354 e. The number of anilines is 1. The number of rotatable bonds is 4. The minimum atomic E-state index is 0.582. The lowest BCUT2D eigenvalue weighted by atomic mass is 10.2. The minimum absolute atomic E-state index is 0.582. The largest absolute Gasteiger partial charge is 0.354 e. The summed E-state index contributed by atoms with van der Waals surface area (Å²) in [5, 5.41) is 6.79. The first-order chi connectivity index (χ1) is 11.2. The zero-order valence-electron chi connectivity index (χ0n) is 14.4. The van der Waals surface area contributed by atoms with Crippen LogP contribution in [0.1, 0.15) is 18.9 Å². The Bertz CT molecular complexity index is 533. The van der Waals surface area contributed by atoms with E-state index in [0.717, 1.165) is 50.4 Å². The van der Waals surface area contributed by atoms with Crippen LogP contribution in [-0.2, 0) is 6.54 Å². The third kappa shape index (κ3) is 4.34. The van der Waals surface area contributed by atoms with Gasteiger partial charge in [0.05, 0.1) is 0 Å². The Morgan fingerprint density at radius 2 is 2.04 bits per heavy atom. The number of aromatic nitrogens is 1. The lowest BCUT2D eigenvalue weighted by molar-refractivity contribution is 0.312. The van der Waals surface area contributed by atoms with Crippen molar-refractivity contribution in [2.24, 2.45) is 10.9 Å². The van der Waals surface area contributed by atoms with Gasteiger partial charge in [0.15, 0.2) is 5.96 Å². The average molecular weight is 316 g/mol. The molecule has 6 heteroatoms. The fourth-order valence-electron chi connectivity index (χ4n) is 2.82. The normalized spacial score (nSPS) is 25.3. The standard InChI is InChI=1S/C17H28N6/c1-13-10-15(13)21-17(18-2)20-12-14-4-5-16(19-11-14)23-8-6-22(3)7-9-23/h4-5,11,13,15H,6-10,12H2,1-3H3,(H2,18,20,21). The van der Waals surface area contributed by atoms with Crippen molar-refractivity contribution < 1.29 is 0 Å². The van der Waals surface area contributed by atoms with Gasteiger partial charge in [0.1, 0.15) is 5.82 Å². The molecule has 0 amide bonds. The van der Waals surface area contributed by atoms with Gasteiger partial charge in [-0.15, -0.1) is 0 Å². The predicted molar refractivity (Wildman–Crippen MR) is 94.9 cm³/mol. The topological polar surface area (TPSA) is 55.8 Å². The number of pyridine rings is 1. The molecule has 2 fully saturated rings. The van der Waals surface area contributed by atoms with Crippen molar-refractivity contribution in [3.8, 4) is 0 Å². The van der Waals surface area contributed by atoms with Crippen LogP contribution in [0.3, 0.4) is 0 Å². The van der Waals surface area contributed by atoms with Gasteiger partial charge in [-0.25, -0.2) is 4.98 Å². The number of nitrogens with one attached hydrogen (secondary N) is 2. The smallest absolute Gasteiger partial charge is 0.191 e. The van der Waals surface area contributed by atoms with Crippen molar-refractivity contribution in [3.05, 3.63) is 23.9 Å². The maximum atomic E-state index is 4.62. The second-order valence-corrected chi connectivity index (χ2v) is 6.70. The predicted octanol–water partition coefficient (Wildman–Crippen LogP) is 0.907. The first-order valence-corrected chi connectivity index (χ1v) is 8.51. The van der Waals surface area contributed by atoms with Crippen LogP contribution in [0, 0.1) is 5.92 Å². The van der Waals surface area contributed by atoms with Crippen molar-refractivity contribution in [3.63, 3.8) is 0 Å². The van der Waals surface area contributed by atoms with E-state index in [1.54, 1.807) is 0 Å². The van der Waals surface area contributed by atoms with E-state index in [1.165, 1.54) is 12.0 Å². The third-order valence-corrected chi connectivity index (χ3v) is 4.75. The number of guanidine groups is 1. The maximum Gasteiger partial charge on any atom is 0.191 e. The van der Waals surface area contributed by atoms with E-state index in [2.05, 4.69) is 56.5 Å². The fourth-order valence-corrected chi connectivity index (χ4v) is 2.82. The third-order valence-electron chi connectivity index (χ3n) is 4.75. The number of likely N-dealkylation sites (N-methyl/N-ethyl adjacent to an activating group) is 1. The quantitative estimate of drug-likeness (QED) is 0.639. The van der Waals surface area contributed by atoms with Crippen LogP contribution in [0.2, 0.25) is 0 Å². The molecule has 2 unspecified atom stereocenters. The maximum absolute atomic E-state index is 4.62. The highest BCUT2D eigenvalue weighted by molar-refractivity contribution is 5.80. The molecule has 1 saturated heterocycles. The molecule has 2 aliphatic rings. The summed E-state index contributed by atoms with van der Waals surface area (Å²) in [5.41, 5.74) is 1.18. The molecule has 1 saturated carbocycles. The SMILES string of the molecule is CN=C(NCc1ccc(N2CCN(C)CC2)nc1)NC1CC1C. The zero-order valence-corrected chi connectivity index (χ0v) is 14.4. The van der Waals surface area contributed by atoms with Gasteiger partial charge in [-0.2, -0.15) is 0 Å². The molecule has 0 bridgehead atoms. The first kappa shape index (κ1) is 16.1. The number of aliphatic imine (C=N–C) groups is 1. The molecule has 1 aromatic rings. The van der Waals surface area contributed by atoms with Gasteiger partial charge < -0.3 is 20.4 Å². The van der Waals surface area contributed by atoms with Gasteiger partial charge in [-0.3, -0.25) is 4.99 Å². The van der Waals surface area contributed by atoms with E-state index >= 15 is 0 Å². The average Bonchev–Trinajstić information content (AvgIpc) is 3.27. The van der Waals surface area contributed by atoms with E-state index in [4.69, 9.17) is 0 Å². The Balaban J connectivity index is 1.49. The summed E-state index contributed by atoms with van der Waals surface area (Å²) in [6.45, 7) is 7.32. The molecule has 1 aliphatic carbocycles. The van der Waals surface area contributed by atoms with E-state index in [-0.39, 0.29) is 0 Å². The number of piperazine rings is 1. The van der Waals surface area contributed by atoms with Crippen molar-refractivity contribution in [2.45, 2.75) is 25.9 Å². The summed E-state index contributed by atoms with van der Waals surface area (Å²) in [7, 11) is 3.99. The van der Waals surface area contributed by atoms with E-state index in [0.29, 0.717) is 6.04 Å². The summed E-state index contributed by atoms with van der Waals surface area (Å²) in [4.78, 5) is 13.6. The zero-order chi connectivity index (χ0) is 16.2. The Hall–Kier alpha value is -1.82. The highest BCUT2D eigenvalue weighted by Crippen LogP contribution is 2.28. The van der Waals surface area contributed by atoms with Crippen LogP contribution in [0.15, 0.2) is 23.3 Å². The first-order valence-electron chi connectivity index (χ1n) is 8.51. The van der Waals surface area contributed by atoms with Crippen molar-refractivity contribution >= 4 is 11.8 Å². The van der Waals surface area contributed by atoms with Crippen LogP contribution >= 0.6 is 0 Å². The van der Waals surface area contributed by atoms with Gasteiger partial charge in [0, 0.05) is 52.0 Å². The molecule has 6 nitrogen and oxygen atoms in total. The van der Waals surface area contributed by atoms with Gasteiger partial charge in [0.2, 0.25) is 0 Å². The van der Waals surface area contributed by atoms with Crippen LogP contribution in [0.5, 0.6) is 0 Å². The van der Waals surface area contributed by atoms with Gasteiger partial charge >= 0.3 is 0 Å². The molecule has 1 aliphatic heterocycles. The number of hydrogen-bond donors (Lipinski definition) is 2. The van der Waals surface area contributed by atoms with Gasteiger partial charge in [-0.1, -0.05) is 13.0 Å². The molecule has 0 radical (unpaired) electrons. The Labute approximate surface area is 139 Å². The number of hydrogen-bond acceptors (Lipinski definition) is 4. The van der Waals surface area contributed by atoms with Crippen molar-refractivity contribution in [1.29, 1.82) is 0 Å². The van der Waals surface area contributed by atoms with Gasteiger partial charge in [-0.05, 0) is 31.0 Å². The Kier molecular flexibility index (Phi) is 5.00.